The topological polar surface area (TPSA) is 70.6 Å². The van der Waals surface area contributed by atoms with Gasteiger partial charge >= 0.3 is 0 Å². The van der Waals surface area contributed by atoms with E-state index in [0.29, 0.717) is 19.6 Å². The van der Waals surface area contributed by atoms with E-state index in [-0.39, 0.29) is 17.9 Å². The van der Waals surface area contributed by atoms with Crippen LogP contribution in [0.25, 0.3) is 0 Å². The average Bonchev–Trinajstić information content (AvgIpc) is 2.98. The number of hydrogen-bond acceptors (Lipinski definition) is 4. The van der Waals surface area contributed by atoms with Crippen LogP contribution < -0.4 is 0 Å². The molecule has 1 amide bonds. The lowest BCUT2D eigenvalue weighted by atomic mass is 10.0. The molecule has 2 fully saturated rings. The van der Waals surface area contributed by atoms with Gasteiger partial charge in [-0.1, -0.05) is 18.9 Å². The van der Waals surface area contributed by atoms with Crippen molar-refractivity contribution >= 4 is 15.9 Å². The average molecular weight is 337 g/mol. The van der Waals surface area contributed by atoms with Crippen LogP contribution in [0.2, 0.25) is 0 Å². The zero-order chi connectivity index (χ0) is 16.4. The smallest absolute Gasteiger partial charge is 0.225 e. The first-order chi connectivity index (χ1) is 10.9. The van der Waals surface area contributed by atoms with Gasteiger partial charge in [0.15, 0.2) is 0 Å². The fourth-order valence-corrected chi connectivity index (χ4v) is 4.50. The number of likely N-dealkylation sites (tertiary alicyclic amines) is 1. The van der Waals surface area contributed by atoms with Crippen molar-refractivity contribution in [2.75, 3.05) is 19.3 Å². The Morgan fingerprint density at radius 2 is 2.04 bits per heavy atom. The number of pyridine rings is 1. The summed E-state index contributed by atoms with van der Waals surface area (Å²) in [6.45, 7) is 1.31. The molecule has 1 aromatic rings. The molecule has 7 heteroatoms. The van der Waals surface area contributed by atoms with E-state index < -0.39 is 10.0 Å². The largest absolute Gasteiger partial charge is 0.339 e. The van der Waals surface area contributed by atoms with Crippen LogP contribution >= 0.6 is 0 Å². The second-order valence-electron chi connectivity index (χ2n) is 6.55. The van der Waals surface area contributed by atoms with E-state index in [4.69, 9.17) is 0 Å². The van der Waals surface area contributed by atoms with Crippen molar-refractivity contribution < 1.29 is 13.2 Å². The number of carbonyl (C=O) groups is 1. The number of carbonyl (C=O) groups excluding carboxylic acids is 1. The van der Waals surface area contributed by atoms with E-state index in [1.165, 1.54) is 10.6 Å². The summed E-state index contributed by atoms with van der Waals surface area (Å²) >= 11 is 0. The molecule has 23 heavy (non-hydrogen) atoms. The zero-order valence-corrected chi connectivity index (χ0v) is 14.2. The highest BCUT2D eigenvalue weighted by atomic mass is 32.2. The number of aromatic nitrogens is 1. The third-order valence-electron chi connectivity index (χ3n) is 4.77. The second-order valence-corrected chi connectivity index (χ2v) is 8.48. The van der Waals surface area contributed by atoms with Gasteiger partial charge in [0, 0.05) is 37.9 Å². The Kier molecular flexibility index (Phi) is 4.68. The van der Waals surface area contributed by atoms with Crippen molar-refractivity contribution in [1.29, 1.82) is 0 Å². The van der Waals surface area contributed by atoms with Crippen molar-refractivity contribution in [1.82, 2.24) is 14.2 Å². The third kappa shape index (κ3) is 3.72. The Hall–Kier alpha value is -1.47. The molecule has 0 N–H and O–H groups in total. The van der Waals surface area contributed by atoms with Gasteiger partial charge in [-0.2, -0.15) is 4.31 Å². The van der Waals surface area contributed by atoms with Crippen LogP contribution in [0.15, 0.2) is 24.5 Å². The maximum absolute atomic E-state index is 12.4. The van der Waals surface area contributed by atoms with Gasteiger partial charge < -0.3 is 4.90 Å². The summed E-state index contributed by atoms with van der Waals surface area (Å²) in [5.41, 5.74) is 0.860. The number of hydrogen-bond donors (Lipinski definition) is 0. The minimum absolute atomic E-state index is 0.129. The van der Waals surface area contributed by atoms with Crippen LogP contribution in [0.3, 0.4) is 0 Å². The molecule has 3 rings (SSSR count). The first-order valence-corrected chi connectivity index (χ1v) is 9.94. The van der Waals surface area contributed by atoms with E-state index >= 15 is 0 Å². The van der Waals surface area contributed by atoms with Crippen molar-refractivity contribution in [3.63, 3.8) is 0 Å². The van der Waals surface area contributed by atoms with Gasteiger partial charge in [-0.05, 0) is 24.5 Å². The molecular formula is C16H23N3O3S. The normalized spacial score (nSPS) is 20.0. The molecule has 0 radical (unpaired) electrons. The van der Waals surface area contributed by atoms with Crippen LogP contribution in [0.1, 0.15) is 31.2 Å². The highest BCUT2D eigenvalue weighted by Crippen LogP contribution is 2.29. The summed E-state index contributed by atoms with van der Waals surface area (Å²) in [6, 6.07) is 3.54. The lowest BCUT2D eigenvalue weighted by Crippen LogP contribution is -2.62. The number of sulfonamides is 1. The highest BCUT2D eigenvalue weighted by molar-refractivity contribution is 7.88. The van der Waals surface area contributed by atoms with E-state index in [1.807, 2.05) is 11.0 Å². The SMILES string of the molecule is CS(=O)(=O)N(Cc1cccnc1)C1CN(C(=O)C2CCCC2)C1. The molecule has 0 spiro atoms. The molecule has 1 saturated carbocycles. The molecule has 6 nitrogen and oxygen atoms in total. The standard InChI is InChI=1S/C16H23N3O3S/c1-23(21,22)19(10-13-5-4-8-17-9-13)15-11-18(12-15)16(20)14-6-2-3-7-14/h4-5,8-9,14-15H,2-3,6-7,10-12H2,1H3. The van der Waals surface area contributed by atoms with Crippen molar-refractivity contribution in [3.8, 4) is 0 Å². The Labute approximate surface area is 137 Å². The van der Waals surface area contributed by atoms with E-state index in [1.54, 1.807) is 18.5 Å². The Morgan fingerprint density at radius 1 is 1.35 bits per heavy atom. The Morgan fingerprint density at radius 3 is 2.61 bits per heavy atom. The molecule has 0 bridgehead atoms. The molecule has 1 saturated heterocycles. The van der Waals surface area contributed by atoms with Gasteiger partial charge in [-0.3, -0.25) is 9.78 Å². The van der Waals surface area contributed by atoms with Crippen LogP contribution in [0.5, 0.6) is 0 Å². The van der Waals surface area contributed by atoms with Crippen LogP contribution in [-0.2, 0) is 21.4 Å². The predicted octanol–water partition coefficient (Wildman–Crippen LogP) is 1.24. The van der Waals surface area contributed by atoms with Crippen molar-refractivity contribution in [3.05, 3.63) is 30.1 Å². The fourth-order valence-electron chi connectivity index (χ4n) is 3.44. The van der Waals surface area contributed by atoms with Crippen LogP contribution in [0, 0.1) is 5.92 Å². The molecule has 1 aromatic heterocycles. The van der Waals surface area contributed by atoms with Gasteiger partial charge in [0.05, 0.1) is 12.3 Å². The summed E-state index contributed by atoms with van der Waals surface area (Å²) in [4.78, 5) is 18.2. The van der Waals surface area contributed by atoms with Crippen LogP contribution in [0.4, 0.5) is 0 Å². The molecule has 126 valence electrons. The first kappa shape index (κ1) is 16.4. The summed E-state index contributed by atoms with van der Waals surface area (Å²) in [5, 5.41) is 0. The highest BCUT2D eigenvalue weighted by Gasteiger charge is 2.40. The van der Waals surface area contributed by atoms with Gasteiger partial charge in [-0.15, -0.1) is 0 Å². The molecule has 2 heterocycles. The quantitative estimate of drug-likeness (QED) is 0.811. The van der Waals surface area contributed by atoms with E-state index in [9.17, 15) is 13.2 Å². The molecule has 0 atom stereocenters. The summed E-state index contributed by atoms with van der Waals surface area (Å²) in [6.07, 6.45) is 8.79. The maximum atomic E-state index is 12.4. The first-order valence-electron chi connectivity index (χ1n) is 8.09. The van der Waals surface area contributed by atoms with Crippen LogP contribution in [-0.4, -0.2) is 53.9 Å². The van der Waals surface area contributed by atoms with E-state index in [2.05, 4.69) is 4.98 Å². The lowest BCUT2D eigenvalue weighted by molar-refractivity contribution is -0.141. The predicted molar refractivity (Wildman–Crippen MR) is 86.9 cm³/mol. The van der Waals surface area contributed by atoms with Gasteiger partial charge in [0.1, 0.15) is 0 Å². The van der Waals surface area contributed by atoms with Gasteiger partial charge in [0.25, 0.3) is 0 Å². The fraction of sp³-hybridized carbons (Fsp3) is 0.625. The minimum atomic E-state index is -3.32. The van der Waals surface area contributed by atoms with Gasteiger partial charge in [-0.25, -0.2) is 8.42 Å². The third-order valence-corrected chi connectivity index (χ3v) is 6.05. The zero-order valence-electron chi connectivity index (χ0n) is 13.4. The number of nitrogens with zero attached hydrogens (tertiary/aromatic N) is 3. The molecular weight excluding hydrogens is 314 g/mol. The second kappa shape index (κ2) is 6.57. The summed E-state index contributed by atoms with van der Waals surface area (Å²) in [7, 11) is -3.32. The summed E-state index contributed by atoms with van der Waals surface area (Å²) < 4.78 is 25.7. The number of rotatable bonds is 5. The van der Waals surface area contributed by atoms with Gasteiger partial charge in [0.2, 0.25) is 15.9 Å². The molecule has 0 unspecified atom stereocenters. The minimum Gasteiger partial charge on any atom is -0.339 e. The summed E-state index contributed by atoms with van der Waals surface area (Å²) in [5.74, 6) is 0.356. The molecule has 1 aliphatic heterocycles. The molecule has 2 aliphatic rings. The van der Waals surface area contributed by atoms with Crippen molar-refractivity contribution in [2.45, 2.75) is 38.3 Å². The maximum Gasteiger partial charge on any atom is 0.225 e. The lowest BCUT2D eigenvalue weighted by Gasteiger charge is -2.45. The Bertz CT molecular complexity index is 650. The van der Waals surface area contributed by atoms with E-state index in [0.717, 1.165) is 31.2 Å². The molecule has 1 aliphatic carbocycles. The van der Waals surface area contributed by atoms with Crippen molar-refractivity contribution in [2.24, 2.45) is 5.92 Å². The monoisotopic (exact) mass is 337 g/mol. The molecule has 0 aromatic carbocycles. The Balaban J connectivity index is 1.63. The number of amides is 1.